The second-order valence-corrected chi connectivity index (χ2v) is 17.1. The number of allylic oxidation sites excluding steroid dienone is 5. The summed E-state index contributed by atoms with van der Waals surface area (Å²) in [5.74, 6) is -0.123. The second-order valence-electron chi connectivity index (χ2n) is 17.1. The second kappa shape index (κ2) is 47.8. The maximum Gasteiger partial charge on any atom is 0.305 e. The molecule has 0 aromatic rings. The number of nitrogens with one attached hydrogen (secondary N) is 1. The SMILES string of the molecule is CCCCC/C=C\CCCCCCCC(=O)OCCCCCCCC/C=C\CCCCCC(=O)NC(CO)C(O)/C=C/CCCCCCCCCCCCCCCC. The molecule has 0 rings (SSSR count). The molecule has 0 heterocycles. The van der Waals surface area contributed by atoms with Gasteiger partial charge in [-0.15, -0.1) is 0 Å². The third-order valence-electron chi connectivity index (χ3n) is 11.4. The number of aliphatic hydroxyl groups is 2. The number of hydrogen-bond donors (Lipinski definition) is 3. The fraction of sp³-hybridized carbons (Fsp3) is 0.846. The lowest BCUT2D eigenvalue weighted by molar-refractivity contribution is -0.143. The minimum Gasteiger partial charge on any atom is -0.466 e. The van der Waals surface area contributed by atoms with Gasteiger partial charge in [0, 0.05) is 12.8 Å². The van der Waals surface area contributed by atoms with E-state index in [0.717, 1.165) is 70.6 Å². The lowest BCUT2D eigenvalue weighted by Gasteiger charge is -2.19. The zero-order valence-corrected chi connectivity index (χ0v) is 38.5. The zero-order valence-electron chi connectivity index (χ0n) is 38.5. The van der Waals surface area contributed by atoms with Crippen LogP contribution in [0.2, 0.25) is 0 Å². The largest absolute Gasteiger partial charge is 0.466 e. The Morgan fingerprint density at radius 3 is 1.28 bits per heavy atom. The van der Waals surface area contributed by atoms with Gasteiger partial charge in [-0.25, -0.2) is 0 Å². The summed E-state index contributed by atoms with van der Waals surface area (Å²) in [6.45, 7) is 4.82. The summed E-state index contributed by atoms with van der Waals surface area (Å²) in [5, 5.41) is 23.0. The number of carbonyl (C=O) groups is 2. The molecule has 0 fully saturated rings. The average Bonchev–Trinajstić information content (AvgIpc) is 3.22. The number of carbonyl (C=O) groups excluding carboxylic acids is 2. The van der Waals surface area contributed by atoms with E-state index in [2.05, 4.69) is 43.5 Å². The van der Waals surface area contributed by atoms with Crippen LogP contribution < -0.4 is 5.32 Å². The maximum absolute atomic E-state index is 12.4. The highest BCUT2D eigenvalue weighted by molar-refractivity contribution is 5.76. The number of unbranched alkanes of at least 4 members (excludes halogenated alkanes) is 31. The normalized spacial score (nSPS) is 13.0. The summed E-state index contributed by atoms with van der Waals surface area (Å²) >= 11 is 0. The van der Waals surface area contributed by atoms with Gasteiger partial charge >= 0.3 is 5.97 Å². The van der Waals surface area contributed by atoms with E-state index in [9.17, 15) is 19.8 Å². The Morgan fingerprint density at radius 2 is 0.810 bits per heavy atom. The van der Waals surface area contributed by atoms with Crippen LogP contribution >= 0.6 is 0 Å². The van der Waals surface area contributed by atoms with Crippen molar-refractivity contribution < 1.29 is 24.5 Å². The molecular weight excluding hydrogens is 719 g/mol. The van der Waals surface area contributed by atoms with Gasteiger partial charge in [-0.2, -0.15) is 0 Å². The van der Waals surface area contributed by atoms with Crippen LogP contribution in [0.25, 0.3) is 0 Å². The van der Waals surface area contributed by atoms with E-state index in [1.54, 1.807) is 6.08 Å². The van der Waals surface area contributed by atoms with Crippen LogP contribution in [0, 0.1) is 0 Å². The molecular formula is C52H97NO5. The van der Waals surface area contributed by atoms with Crippen molar-refractivity contribution in [2.45, 2.75) is 270 Å². The van der Waals surface area contributed by atoms with Crippen LogP contribution in [0.15, 0.2) is 36.5 Å². The topological polar surface area (TPSA) is 95.9 Å². The minimum absolute atomic E-state index is 0.0248. The molecule has 0 aliphatic heterocycles. The molecule has 340 valence electrons. The van der Waals surface area contributed by atoms with Crippen LogP contribution in [0.5, 0.6) is 0 Å². The number of rotatable bonds is 46. The van der Waals surface area contributed by atoms with Gasteiger partial charge in [0.1, 0.15) is 0 Å². The third-order valence-corrected chi connectivity index (χ3v) is 11.4. The Labute approximate surface area is 360 Å². The molecule has 0 saturated carbocycles. The smallest absolute Gasteiger partial charge is 0.305 e. The Hall–Kier alpha value is -1.92. The number of ether oxygens (including phenoxy) is 1. The summed E-state index contributed by atoms with van der Waals surface area (Å²) in [5.41, 5.74) is 0. The van der Waals surface area contributed by atoms with Gasteiger partial charge in [0.2, 0.25) is 5.91 Å². The van der Waals surface area contributed by atoms with Gasteiger partial charge in [0.05, 0.1) is 25.4 Å². The fourth-order valence-electron chi connectivity index (χ4n) is 7.44. The van der Waals surface area contributed by atoms with E-state index in [1.807, 2.05) is 6.08 Å². The fourth-order valence-corrected chi connectivity index (χ4v) is 7.44. The molecule has 0 saturated heterocycles. The lowest BCUT2D eigenvalue weighted by Crippen LogP contribution is -2.45. The minimum atomic E-state index is -0.862. The number of amides is 1. The summed E-state index contributed by atoms with van der Waals surface area (Å²) in [4.78, 5) is 24.4. The Balaban J connectivity index is 3.56. The van der Waals surface area contributed by atoms with E-state index < -0.39 is 12.1 Å². The predicted octanol–water partition coefficient (Wildman–Crippen LogP) is 14.9. The molecule has 0 aliphatic rings. The highest BCUT2D eigenvalue weighted by Crippen LogP contribution is 2.15. The molecule has 6 heteroatoms. The van der Waals surface area contributed by atoms with Crippen molar-refractivity contribution in [3.63, 3.8) is 0 Å². The lowest BCUT2D eigenvalue weighted by atomic mass is 10.0. The molecule has 2 atom stereocenters. The molecule has 0 aromatic heterocycles. The average molecular weight is 816 g/mol. The maximum atomic E-state index is 12.4. The highest BCUT2D eigenvalue weighted by Gasteiger charge is 2.18. The first-order valence-corrected chi connectivity index (χ1v) is 25.3. The molecule has 2 unspecified atom stereocenters. The number of aliphatic hydroxyl groups excluding tert-OH is 2. The Kier molecular flexibility index (Phi) is 46.2. The summed E-state index contributed by atoms with van der Waals surface area (Å²) < 4.78 is 5.43. The Bertz CT molecular complexity index is 946. The number of esters is 1. The first-order chi connectivity index (χ1) is 28.5. The monoisotopic (exact) mass is 816 g/mol. The van der Waals surface area contributed by atoms with E-state index in [0.29, 0.717) is 19.4 Å². The van der Waals surface area contributed by atoms with Gasteiger partial charge < -0.3 is 20.3 Å². The summed E-state index contributed by atoms with van der Waals surface area (Å²) in [6.07, 6.45) is 57.1. The van der Waals surface area contributed by atoms with Gasteiger partial charge in [0.15, 0.2) is 0 Å². The van der Waals surface area contributed by atoms with Crippen molar-refractivity contribution in [2.24, 2.45) is 0 Å². The molecule has 0 radical (unpaired) electrons. The third kappa shape index (κ3) is 43.7. The molecule has 0 aromatic carbocycles. The van der Waals surface area contributed by atoms with Gasteiger partial charge in [-0.05, 0) is 83.5 Å². The van der Waals surface area contributed by atoms with Crippen LogP contribution in [0.1, 0.15) is 258 Å². The standard InChI is InChI=1S/C52H97NO5/c1-3-5-7-9-11-13-15-17-18-19-21-24-28-32-36-40-44-50(55)49(48-54)53-51(56)45-41-37-33-29-25-22-20-23-27-31-35-39-43-47-58-52(57)46-42-38-34-30-26-16-14-12-10-8-6-4-2/h12,14,22,25,40,44,49-50,54-55H,3-11,13,15-21,23-24,26-39,41-43,45-48H2,1-2H3,(H,53,56)/b14-12-,25-22-,44-40+. The molecule has 0 bridgehead atoms. The zero-order chi connectivity index (χ0) is 42.3. The van der Waals surface area contributed by atoms with E-state index in [4.69, 9.17) is 4.74 Å². The van der Waals surface area contributed by atoms with E-state index in [1.165, 1.54) is 161 Å². The van der Waals surface area contributed by atoms with Gasteiger partial charge in [-0.3, -0.25) is 9.59 Å². The molecule has 1 amide bonds. The molecule has 3 N–H and O–H groups in total. The van der Waals surface area contributed by atoms with Crippen molar-refractivity contribution in [1.82, 2.24) is 5.32 Å². The van der Waals surface area contributed by atoms with Crippen LogP contribution in [0.4, 0.5) is 0 Å². The predicted molar refractivity (Wildman–Crippen MR) is 250 cm³/mol. The van der Waals surface area contributed by atoms with Crippen molar-refractivity contribution in [3.05, 3.63) is 36.5 Å². The Morgan fingerprint density at radius 1 is 0.466 bits per heavy atom. The molecule has 6 nitrogen and oxygen atoms in total. The van der Waals surface area contributed by atoms with Gasteiger partial charge in [0.25, 0.3) is 0 Å². The van der Waals surface area contributed by atoms with Crippen LogP contribution in [-0.2, 0) is 14.3 Å². The summed E-state index contributed by atoms with van der Waals surface area (Å²) in [7, 11) is 0. The molecule has 0 spiro atoms. The van der Waals surface area contributed by atoms with E-state index in [-0.39, 0.29) is 18.5 Å². The van der Waals surface area contributed by atoms with Crippen LogP contribution in [-0.4, -0.2) is 47.4 Å². The van der Waals surface area contributed by atoms with Crippen molar-refractivity contribution in [1.29, 1.82) is 0 Å². The van der Waals surface area contributed by atoms with E-state index >= 15 is 0 Å². The quantitative estimate of drug-likeness (QED) is 0.0323. The first-order valence-electron chi connectivity index (χ1n) is 25.3. The van der Waals surface area contributed by atoms with Crippen LogP contribution in [0.3, 0.4) is 0 Å². The first kappa shape index (κ1) is 56.1. The molecule has 58 heavy (non-hydrogen) atoms. The van der Waals surface area contributed by atoms with Crippen molar-refractivity contribution in [2.75, 3.05) is 13.2 Å². The number of hydrogen-bond acceptors (Lipinski definition) is 5. The summed E-state index contributed by atoms with van der Waals surface area (Å²) in [6, 6.07) is -0.648. The van der Waals surface area contributed by atoms with Gasteiger partial charge in [-0.1, -0.05) is 198 Å². The van der Waals surface area contributed by atoms with Crippen molar-refractivity contribution >= 4 is 11.9 Å². The highest BCUT2D eigenvalue weighted by atomic mass is 16.5. The van der Waals surface area contributed by atoms with Crippen molar-refractivity contribution in [3.8, 4) is 0 Å². The molecule has 0 aliphatic carbocycles.